The summed E-state index contributed by atoms with van der Waals surface area (Å²) in [4.78, 5) is 33.4. The molecule has 0 spiro atoms. The van der Waals surface area contributed by atoms with E-state index < -0.39 is 6.10 Å². The van der Waals surface area contributed by atoms with Gasteiger partial charge in [-0.25, -0.2) is 4.98 Å². The fourth-order valence-electron chi connectivity index (χ4n) is 4.02. The molecule has 38 heavy (non-hydrogen) atoms. The number of amides is 2. The van der Waals surface area contributed by atoms with Crippen LogP contribution in [0.1, 0.15) is 29.3 Å². The predicted molar refractivity (Wildman–Crippen MR) is 153 cm³/mol. The Morgan fingerprint density at radius 3 is 2.53 bits per heavy atom. The number of aliphatic hydroxyl groups is 1. The lowest BCUT2D eigenvalue weighted by atomic mass is 10.1. The van der Waals surface area contributed by atoms with E-state index in [9.17, 15) is 14.7 Å². The van der Waals surface area contributed by atoms with Gasteiger partial charge in [-0.2, -0.15) is 0 Å². The molecule has 9 nitrogen and oxygen atoms in total. The van der Waals surface area contributed by atoms with Crippen LogP contribution in [0.5, 0.6) is 0 Å². The van der Waals surface area contributed by atoms with E-state index in [1.165, 1.54) is 23.1 Å². The molecule has 0 saturated heterocycles. The molecule has 2 atom stereocenters. The highest BCUT2D eigenvalue weighted by molar-refractivity contribution is 8.02. The number of carbonyl (C=O) groups excluding carboxylic acids is 2. The molecular weight excluding hydrogens is 520 g/mol. The van der Waals surface area contributed by atoms with Gasteiger partial charge >= 0.3 is 0 Å². The molecule has 0 fully saturated rings. The Morgan fingerprint density at radius 2 is 1.89 bits per heavy atom. The Bertz CT molecular complexity index is 1270. The topological polar surface area (TPSA) is 138 Å². The van der Waals surface area contributed by atoms with Crippen molar-refractivity contribution >= 4 is 45.7 Å². The average molecular weight is 553 g/mol. The minimum atomic E-state index is -0.805. The van der Waals surface area contributed by atoms with Crippen LogP contribution in [0.25, 0.3) is 0 Å². The zero-order valence-electron chi connectivity index (χ0n) is 21.1. The third-order valence-corrected chi connectivity index (χ3v) is 7.99. The molecule has 2 aromatic carbocycles. The van der Waals surface area contributed by atoms with E-state index in [-0.39, 0.29) is 36.7 Å². The fourth-order valence-corrected chi connectivity index (χ4v) is 5.45. The van der Waals surface area contributed by atoms with Gasteiger partial charge in [0.2, 0.25) is 11.8 Å². The van der Waals surface area contributed by atoms with Crippen molar-refractivity contribution in [3.63, 3.8) is 0 Å². The first-order valence-corrected chi connectivity index (χ1v) is 14.0. The maximum atomic E-state index is 13.1. The third-order valence-electron chi connectivity index (χ3n) is 6.26. The molecule has 1 aliphatic rings. The average Bonchev–Trinajstić information content (AvgIpc) is 3.46. The highest BCUT2D eigenvalue weighted by atomic mass is 32.2. The summed E-state index contributed by atoms with van der Waals surface area (Å²) in [5.74, 6) is -0.238. The van der Waals surface area contributed by atoms with Crippen molar-refractivity contribution in [2.75, 3.05) is 31.2 Å². The highest BCUT2D eigenvalue weighted by Crippen LogP contribution is 2.28. The van der Waals surface area contributed by atoms with E-state index in [2.05, 4.69) is 10.3 Å². The zero-order valence-corrected chi connectivity index (χ0v) is 22.8. The van der Waals surface area contributed by atoms with Crippen LogP contribution in [0.3, 0.4) is 0 Å². The van der Waals surface area contributed by atoms with Crippen molar-refractivity contribution < 1.29 is 14.7 Å². The number of hydrogen-bond donors (Lipinski definition) is 4. The van der Waals surface area contributed by atoms with Crippen molar-refractivity contribution in [1.82, 2.24) is 14.8 Å². The quantitative estimate of drug-likeness (QED) is 0.285. The van der Waals surface area contributed by atoms with Crippen molar-refractivity contribution in [3.8, 4) is 0 Å². The first-order valence-electron chi connectivity index (χ1n) is 12.2. The number of nitrogens with two attached hydrogens (primary N) is 2. The zero-order chi connectivity index (χ0) is 27.1. The van der Waals surface area contributed by atoms with Crippen LogP contribution in [-0.4, -0.2) is 57.3 Å². The molecule has 0 radical (unpaired) electrons. The van der Waals surface area contributed by atoms with E-state index in [1.54, 1.807) is 10.3 Å². The van der Waals surface area contributed by atoms with Gasteiger partial charge in [0.05, 0.1) is 31.2 Å². The summed E-state index contributed by atoms with van der Waals surface area (Å²) < 4.78 is 0. The monoisotopic (exact) mass is 552 g/mol. The van der Waals surface area contributed by atoms with Crippen molar-refractivity contribution in [1.29, 1.82) is 0 Å². The van der Waals surface area contributed by atoms with Crippen LogP contribution in [0.2, 0.25) is 0 Å². The van der Waals surface area contributed by atoms with E-state index in [0.717, 1.165) is 16.8 Å². The molecule has 1 aliphatic heterocycles. The molecule has 6 N–H and O–H groups in total. The Balaban J connectivity index is 1.35. The molecular formula is C27H32N6O3S2. The van der Waals surface area contributed by atoms with E-state index in [1.807, 2.05) is 72.0 Å². The third kappa shape index (κ3) is 7.57. The summed E-state index contributed by atoms with van der Waals surface area (Å²) in [7, 11) is 1.87. The van der Waals surface area contributed by atoms with Crippen LogP contribution < -0.4 is 16.8 Å². The van der Waals surface area contributed by atoms with Crippen LogP contribution in [0.4, 0.5) is 10.8 Å². The first kappa shape index (κ1) is 27.6. The molecule has 2 unspecified atom stereocenters. The Hall–Kier alpha value is -3.38. The summed E-state index contributed by atoms with van der Waals surface area (Å²) in [5.41, 5.74) is 15.5. The number of aliphatic hydroxyl groups excluding tert-OH is 1. The number of benzene rings is 2. The van der Waals surface area contributed by atoms with Gasteiger partial charge in [0, 0.05) is 30.4 Å². The second-order valence-electron chi connectivity index (χ2n) is 9.04. The maximum absolute atomic E-state index is 13.1. The second-order valence-corrected chi connectivity index (χ2v) is 10.9. The number of hydrogen-bond acceptors (Lipinski definition) is 9. The minimum absolute atomic E-state index is 0.111. The fraction of sp³-hybridized carbons (Fsp3) is 0.296. The highest BCUT2D eigenvalue weighted by Gasteiger charge is 2.22. The van der Waals surface area contributed by atoms with Crippen LogP contribution in [0, 0.1) is 0 Å². The summed E-state index contributed by atoms with van der Waals surface area (Å²) in [5, 5.41) is 17.8. The van der Waals surface area contributed by atoms with E-state index in [4.69, 9.17) is 11.5 Å². The van der Waals surface area contributed by atoms with Gasteiger partial charge in [0.25, 0.3) is 0 Å². The Labute approximate surface area is 230 Å². The van der Waals surface area contributed by atoms with E-state index in [0.29, 0.717) is 29.5 Å². The van der Waals surface area contributed by atoms with Crippen molar-refractivity contribution in [2.45, 2.75) is 30.9 Å². The number of thioether (sulfide) groups is 1. The number of nitrogens with zero attached hydrogens (tertiary/aromatic N) is 3. The van der Waals surface area contributed by atoms with Gasteiger partial charge < -0.3 is 31.7 Å². The van der Waals surface area contributed by atoms with E-state index >= 15 is 0 Å². The number of nitrogens with one attached hydrogen (secondary N) is 1. The molecule has 2 heterocycles. The maximum Gasteiger partial charge on any atom is 0.230 e. The molecule has 3 aromatic rings. The number of carbonyl (C=O) groups is 2. The number of rotatable bonds is 11. The standard InChI is InChI=1S/C27H32N6O3S2/c1-32-22(17-38-27(32)29)14-24(35)30-20-9-7-18(8-10-20)11-12-33(15-23(34)19-5-3-2-4-6-19)25(36)13-21-16-37-26(28)31-21/h2-10,16-17,23,27,34H,11-15,29H2,1H3,(H2,28,31)(H,30,35). The molecule has 1 aromatic heterocycles. The largest absolute Gasteiger partial charge is 0.387 e. The van der Waals surface area contributed by atoms with Gasteiger partial charge in [0.15, 0.2) is 5.13 Å². The first-order chi connectivity index (χ1) is 18.3. The molecule has 11 heteroatoms. The predicted octanol–water partition coefficient (Wildman–Crippen LogP) is 3.16. The molecule has 200 valence electrons. The molecule has 2 amide bonds. The second kappa shape index (κ2) is 12.9. The molecule has 0 saturated carbocycles. The molecule has 4 rings (SSSR count). The SMILES string of the molecule is CN1C(CC(=O)Nc2ccc(CCN(CC(O)c3ccccc3)C(=O)Cc3csc(N)n3)cc2)=CSC1N. The number of thiazole rings is 1. The Morgan fingerprint density at radius 1 is 1.16 bits per heavy atom. The lowest BCUT2D eigenvalue weighted by molar-refractivity contribution is -0.132. The number of aromatic nitrogens is 1. The van der Waals surface area contributed by atoms with Crippen LogP contribution >= 0.6 is 23.1 Å². The van der Waals surface area contributed by atoms with Crippen molar-refractivity contribution in [2.24, 2.45) is 5.73 Å². The minimum Gasteiger partial charge on any atom is -0.387 e. The van der Waals surface area contributed by atoms with Crippen molar-refractivity contribution in [3.05, 3.63) is 87.9 Å². The lowest BCUT2D eigenvalue weighted by Crippen LogP contribution is -2.37. The van der Waals surface area contributed by atoms with Gasteiger partial charge in [-0.05, 0) is 35.1 Å². The Kier molecular flexibility index (Phi) is 9.40. The summed E-state index contributed by atoms with van der Waals surface area (Å²) in [6.45, 7) is 0.593. The van der Waals surface area contributed by atoms with Crippen LogP contribution in [-0.2, 0) is 22.4 Å². The summed E-state index contributed by atoms with van der Waals surface area (Å²) in [6, 6.07) is 16.9. The molecule has 0 bridgehead atoms. The summed E-state index contributed by atoms with van der Waals surface area (Å²) in [6.07, 6.45) is 0.160. The lowest BCUT2D eigenvalue weighted by Gasteiger charge is -2.25. The number of nitrogen functional groups attached to an aromatic ring is 1. The van der Waals surface area contributed by atoms with Gasteiger partial charge in [-0.3, -0.25) is 9.59 Å². The van der Waals surface area contributed by atoms with Crippen LogP contribution in [0.15, 0.2) is 71.1 Å². The van der Waals surface area contributed by atoms with Gasteiger partial charge in [-0.1, -0.05) is 54.2 Å². The summed E-state index contributed by atoms with van der Waals surface area (Å²) >= 11 is 2.78. The normalized spacial score (nSPS) is 15.7. The molecule has 0 aliphatic carbocycles. The smallest absolute Gasteiger partial charge is 0.230 e. The number of anilines is 2. The van der Waals surface area contributed by atoms with Gasteiger partial charge in [-0.15, -0.1) is 11.3 Å². The van der Waals surface area contributed by atoms with Gasteiger partial charge in [0.1, 0.15) is 5.50 Å².